The minimum atomic E-state index is -4.25. The summed E-state index contributed by atoms with van der Waals surface area (Å²) in [6.07, 6.45) is 0. The van der Waals surface area contributed by atoms with Gasteiger partial charge >= 0.3 is 17.1 Å². The van der Waals surface area contributed by atoms with Gasteiger partial charge in [-0.3, -0.25) is 0 Å². The summed E-state index contributed by atoms with van der Waals surface area (Å²) in [5, 5.41) is 0.859. The van der Waals surface area contributed by atoms with E-state index < -0.39 is 36.2 Å². The predicted molar refractivity (Wildman–Crippen MR) is 206 cm³/mol. The Labute approximate surface area is 348 Å². The summed E-state index contributed by atoms with van der Waals surface area (Å²) in [4.78, 5) is 35.8. The van der Waals surface area contributed by atoms with Crippen LogP contribution in [0.3, 0.4) is 0 Å². The van der Waals surface area contributed by atoms with Crippen LogP contribution in [0, 0.1) is 0 Å². The molecule has 2 aliphatic rings. The van der Waals surface area contributed by atoms with Gasteiger partial charge < -0.3 is 29.9 Å². The summed E-state index contributed by atoms with van der Waals surface area (Å²) < 4.78 is 99.2. The third-order valence-corrected chi connectivity index (χ3v) is 14.1. The van der Waals surface area contributed by atoms with Gasteiger partial charge in [0, 0.05) is 87.6 Å². The van der Waals surface area contributed by atoms with Gasteiger partial charge in [0.1, 0.15) is 0 Å². The minimum Gasteiger partial charge on any atom is -0.357 e. The Balaban J connectivity index is 0.00000455. The van der Waals surface area contributed by atoms with Crippen molar-refractivity contribution in [1.82, 2.24) is 39.9 Å². The van der Waals surface area contributed by atoms with Crippen LogP contribution in [0.25, 0.3) is 89.7 Å². The van der Waals surface area contributed by atoms with Crippen molar-refractivity contribution in [2.24, 2.45) is 0 Å². The van der Waals surface area contributed by atoms with Crippen LogP contribution in [-0.4, -0.2) is 63.6 Å². The molecule has 0 aliphatic carbocycles. The molecule has 2 aliphatic heterocycles. The van der Waals surface area contributed by atoms with Crippen LogP contribution in [0.4, 0.5) is 0 Å². The smallest absolute Gasteiger partial charge is 0.357 e. The van der Waals surface area contributed by atoms with E-state index in [1.54, 1.807) is 0 Å². The fraction of sp³-hybridized carbons (Fsp3) is 0. The molecule has 16 nitrogen and oxygen atoms in total. The van der Waals surface area contributed by atoms with Crippen LogP contribution in [0.15, 0.2) is 92.4 Å². The average Bonchev–Trinajstić information content (AvgIpc) is 3.84. The van der Waals surface area contributed by atoms with Gasteiger partial charge in [-0.1, -0.05) is 24.3 Å². The number of hydrogen-bond donors (Lipinski definition) is 0. The van der Waals surface area contributed by atoms with E-state index in [0.717, 1.165) is 0 Å². The quantitative estimate of drug-likeness (QED) is 0.149. The molecule has 4 aromatic carbocycles. The molecule has 3 aromatic heterocycles. The zero-order valence-corrected chi connectivity index (χ0v) is 34.7. The van der Waals surface area contributed by atoms with Crippen LogP contribution in [-0.2, 0) is 53.3 Å². The molecule has 0 radical (unpaired) electrons. The third-order valence-electron chi connectivity index (χ3n) is 8.71. The fourth-order valence-corrected chi connectivity index (χ4v) is 9.29. The number of rotatable bonds is 4. The monoisotopic (exact) mass is 960 g/mol. The van der Waals surface area contributed by atoms with Crippen LogP contribution in [0.1, 0.15) is 0 Å². The number of halogens is 4. The molecule has 57 heavy (non-hydrogen) atoms. The Hall–Kier alpha value is -4.28. The van der Waals surface area contributed by atoms with Crippen LogP contribution in [0.5, 0.6) is 0 Å². The van der Waals surface area contributed by atoms with Gasteiger partial charge in [-0.25, -0.2) is 43.6 Å². The molecule has 0 spiro atoms. The summed E-state index contributed by atoms with van der Waals surface area (Å²) in [6.45, 7) is 0. The molecule has 7 aromatic rings. The first-order chi connectivity index (χ1) is 26.2. The van der Waals surface area contributed by atoms with E-state index in [2.05, 4.69) is 39.9 Å². The topological polar surface area (TPSA) is 242 Å². The van der Waals surface area contributed by atoms with Gasteiger partial charge in [0.05, 0.1) is 42.9 Å². The number of hydrogen-bond acceptors (Lipinski definition) is 14. The summed E-state index contributed by atoms with van der Waals surface area (Å²) in [7, 11) is 5.80. The maximum absolute atomic E-state index is 12.4. The molecular weight excluding hydrogens is 950 g/mol. The fourth-order valence-electron chi connectivity index (χ4n) is 6.19. The molecule has 8 bridgehead atoms. The van der Waals surface area contributed by atoms with E-state index in [4.69, 9.17) is 42.7 Å². The third kappa shape index (κ3) is 6.94. The Morgan fingerprint density at radius 2 is 0.632 bits per heavy atom. The molecule has 0 amide bonds. The number of fused-ring (bicyclic) bond motifs is 20. The van der Waals surface area contributed by atoms with E-state index in [1.807, 2.05) is 0 Å². The van der Waals surface area contributed by atoms with Crippen molar-refractivity contribution in [2.75, 3.05) is 0 Å². The zero-order chi connectivity index (χ0) is 39.7. The predicted octanol–water partition coefficient (Wildman–Crippen LogP) is 5.83. The van der Waals surface area contributed by atoms with Crippen molar-refractivity contribution < 1.29 is 50.7 Å². The second-order valence-electron chi connectivity index (χ2n) is 12.1. The SMILES string of the molecule is O=S(=O)(Cl)c1ccc2c(c1)-c1nc-2nc2[n-]c(nc3nc(nc4[n-]c(n1)c1ccc(S(=O)(=O)Cl)cc41)-c1ccc(S(=O)(=O)Cl)cc1-3)c1ccc(S(=O)(=O)Cl)cc21.[Fe+2]. The Bertz CT molecular complexity index is 3390. The van der Waals surface area contributed by atoms with Gasteiger partial charge in [-0.2, -0.15) is 0 Å². The Morgan fingerprint density at radius 1 is 0.351 bits per heavy atom. The van der Waals surface area contributed by atoms with Crippen molar-refractivity contribution in [1.29, 1.82) is 0 Å². The standard InChI is InChI=1S/C32H12Cl4N8O8S4.Fe/c33-53(45,46)13-1-5-17-21(9-13)29-37-25(17)41-30-22-10-14(54(34,47)48)2-6-18(22)27(38-30)43-32-24-12-16(56(36,51)52)4-8-20(24)28(40-32)44-31-23-11-15(55(35,49)50)3-7-19(23)26(39-31)42-29;/h1-12H;/q-2;+2. The summed E-state index contributed by atoms with van der Waals surface area (Å²) in [5.41, 5.74) is 0.598. The molecule has 0 fully saturated rings. The maximum atomic E-state index is 12.4. The second-order valence-corrected chi connectivity index (χ2v) is 22.3. The van der Waals surface area contributed by atoms with E-state index in [-0.39, 0.29) is 126 Å². The zero-order valence-electron chi connectivity index (χ0n) is 27.3. The summed E-state index contributed by atoms with van der Waals surface area (Å²) in [5.74, 6) is -0.262. The second kappa shape index (κ2) is 13.4. The van der Waals surface area contributed by atoms with Crippen LogP contribution in [0.2, 0.25) is 0 Å². The van der Waals surface area contributed by atoms with Crippen molar-refractivity contribution in [3.8, 4) is 45.6 Å². The Kier molecular flexibility index (Phi) is 9.28. The normalized spacial score (nSPS) is 13.0. The van der Waals surface area contributed by atoms with Crippen molar-refractivity contribution in [3.63, 3.8) is 0 Å². The van der Waals surface area contributed by atoms with Crippen molar-refractivity contribution in [3.05, 3.63) is 72.8 Å². The van der Waals surface area contributed by atoms with Crippen LogP contribution >= 0.6 is 42.7 Å². The molecule has 5 heterocycles. The summed E-state index contributed by atoms with van der Waals surface area (Å²) in [6, 6.07) is 15.4. The van der Waals surface area contributed by atoms with E-state index in [0.29, 0.717) is 0 Å². The van der Waals surface area contributed by atoms with Gasteiger partial charge in [0.2, 0.25) is 0 Å². The van der Waals surface area contributed by atoms with Gasteiger partial charge in [-0.05, 0) is 70.1 Å². The van der Waals surface area contributed by atoms with E-state index in [1.165, 1.54) is 72.8 Å². The first-order valence-corrected chi connectivity index (χ1v) is 24.5. The van der Waals surface area contributed by atoms with E-state index in [9.17, 15) is 33.7 Å². The van der Waals surface area contributed by atoms with Gasteiger partial charge in [-0.15, -0.1) is 0 Å². The first kappa shape index (κ1) is 39.5. The van der Waals surface area contributed by atoms with Gasteiger partial charge in [0.15, 0.2) is 0 Å². The van der Waals surface area contributed by atoms with Crippen molar-refractivity contribution >= 4 is 123 Å². The molecule has 9 rings (SSSR count). The van der Waals surface area contributed by atoms with Gasteiger partial charge in [0.25, 0.3) is 36.2 Å². The number of benzene rings is 4. The van der Waals surface area contributed by atoms with Crippen LogP contribution < -0.4 is 9.97 Å². The average molecular weight is 962 g/mol. The Morgan fingerprint density at radius 3 is 0.965 bits per heavy atom. The molecule has 0 N–H and O–H groups in total. The minimum absolute atomic E-state index is 0. The summed E-state index contributed by atoms with van der Waals surface area (Å²) >= 11 is 0. The molecule has 0 saturated heterocycles. The maximum Gasteiger partial charge on any atom is 2.00 e. The molecule has 0 saturated carbocycles. The molecule has 25 heteroatoms. The molecule has 0 unspecified atom stereocenters. The molecular formula is C32H12Cl4FeN8O8S4. The first-order valence-electron chi connectivity index (χ1n) is 15.3. The van der Waals surface area contributed by atoms with E-state index >= 15 is 0 Å². The molecule has 0 atom stereocenters. The largest absolute Gasteiger partial charge is 2.00 e. The van der Waals surface area contributed by atoms with Crippen molar-refractivity contribution in [2.45, 2.75) is 19.6 Å². The number of aromatic nitrogens is 8. The number of nitrogens with zero attached hydrogens (tertiary/aromatic N) is 8. The molecule has 288 valence electrons.